The van der Waals surface area contributed by atoms with Gasteiger partial charge < -0.3 is 20.7 Å². The Morgan fingerprint density at radius 3 is 2.77 bits per heavy atom. The van der Waals surface area contributed by atoms with Crippen molar-refractivity contribution in [3.8, 4) is 5.69 Å². The van der Waals surface area contributed by atoms with E-state index in [0.717, 1.165) is 11.3 Å². The van der Waals surface area contributed by atoms with Crippen LogP contribution in [0.1, 0.15) is 48.0 Å². The Kier molecular flexibility index (Phi) is 9.62. The monoisotopic (exact) mass is 568 g/mol. The molecule has 0 bridgehead atoms. The minimum atomic E-state index is -0.790. The van der Waals surface area contributed by atoms with Crippen LogP contribution in [0.25, 0.3) is 5.69 Å². The molecule has 4 amide bonds. The van der Waals surface area contributed by atoms with E-state index in [1.807, 2.05) is 0 Å². The maximum Gasteiger partial charge on any atom is 0.411 e. The minimum Gasteiger partial charge on any atom is -0.453 e. The van der Waals surface area contributed by atoms with Gasteiger partial charge in [0.25, 0.3) is 5.91 Å². The van der Waals surface area contributed by atoms with Gasteiger partial charge >= 0.3 is 6.09 Å². The molecule has 0 radical (unpaired) electrons. The van der Waals surface area contributed by atoms with Gasteiger partial charge in [0.2, 0.25) is 11.8 Å². The Balaban J connectivity index is 1.47. The number of aromatic nitrogens is 4. The number of anilines is 2. The van der Waals surface area contributed by atoms with Crippen molar-refractivity contribution in [1.82, 2.24) is 30.8 Å². The van der Waals surface area contributed by atoms with Crippen LogP contribution >= 0.6 is 11.6 Å². The second-order valence-corrected chi connectivity index (χ2v) is 9.56. The molecule has 1 aromatic heterocycles. The van der Waals surface area contributed by atoms with Crippen LogP contribution < -0.4 is 21.3 Å². The Hall–Kier alpha value is -4.52. The molecule has 0 spiro atoms. The van der Waals surface area contributed by atoms with Crippen LogP contribution in [0.3, 0.4) is 0 Å². The third-order valence-corrected chi connectivity index (χ3v) is 6.55. The summed E-state index contributed by atoms with van der Waals surface area (Å²) in [5.74, 6) is -1.11. The van der Waals surface area contributed by atoms with Gasteiger partial charge in [-0.1, -0.05) is 24.4 Å². The molecule has 0 saturated heterocycles. The molecule has 0 aliphatic carbocycles. The molecule has 0 saturated carbocycles. The first kappa shape index (κ1) is 28.5. The Bertz CT molecular complexity index is 1380. The Labute approximate surface area is 235 Å². The number of hydrogen-bond donors (Lipinski definition) is 4. The minimum absolute atomic E-state index is 0.159. The standard InChI is InChI=1S/C26H29ClN8O5/c1-40-26(39)30-18-8-9-19-21(14-18)31-23(36)6-4-2-3-5-20(32-24(19)37)25(38)28-12-11-16-13-17(27)7-10-22(16)35-15-29-33-34-35/h7-10,13-15,20H,2-6,11-12H2,1H3,(H,28,38)(H,30,39)(H,31,36)(H,32,37)/t20-/m0/s1. The lowest BCUT2D eigenvalue weighted by atomic mass is 10.0. The molecule has 40 heavy (non-hydrogen) atoms. The van der Waals surface area contributed by atoms with Crippen LogP contribution in [0.4, 0.5) is 16.2 Å². The van der Waals surface area contributed by atoms with Crippen LogP contribution in [-0.2, 0) is 20.7 Å². The third kappa shape index (κ3) is 7.53. The topological polar surface area (TPSA) is 169 Å². The number of nitrogens with one attached hydrogen (secondary N) is 4. The molecule has 0 fully saturated rings. The lowest BCUT2D eigenvalue weighted by Gasteiger charge is -2.21. The van der Waals surface area contributed by atoms with Gasteiger partial charge in [-0.2, -0.15) is 0 Å². The smallest absolute Gasteiger partial charge is 0.411 e. The fraction of sp³-hybridized carbons (Fsp3) is 0.346. The van der Waals surface area contributed by atoms with Gasteiger partial charge in [-0.3, -0.25) is 19.7 Å². The lowest BCUT2D eigenvalue weighted by Crippen LogP contribution is -2.47. The molecule has 2 heterocycles. The zero-order valence-corrected chi connectivity index (χ0v) is 22.5. The summed E-state index contributed by atoms with van der Waals surface area (Å²) in [6.45, 7) is 0.288. The average Bonchev–Trinajstić information content (AvgIpc) is 3.46. The van der Waals surface area contributed by atoms with Crippen molar-refractivity contribution in [2.45, 2.75) is 44.6 Å². The summed E-state index contributed by atoms with van der Waals surface area (Å²) < 4.78 is 6.12. The van der Waals surface area contributed by atoms with Gasteiger partial charge in [0.05, 0.1) is 24.0 Å². The second-order valence-electron chi connectivity index (χ2n) is 9.12. The number of fused-ring (bicyclic) bond motifs is 1. The van der Waals surface area contributed by atoms with E-state index in [9.17, 15) is 19.2 Å². The van der Waals surface area contributed by atoms with Crippen LogP contribution in [-0.4, -0.2) is 63.7 Å². The highest BCUT2D eigenvalue weighted by molar-refractivity contribution is 6.30. The van der Waals surface area contributed by atoms with Crippen LogP contribution in [0.5, 0.6) is 0 Å². The van der Waals surface area contributed by atoms with Crippen molar-refractivity contribution < 1.29 is 23.9 Å². The lowest BCUT2D eigenvalue weighted by molar-refractivity contribution is -0.123. The molecule has 14 heteroatoms. The van der Waals surface area contributed by atoms with Crippen LogP contribution in [0.2, 0.25) is 5.02 Å². The number of carbonyl (C=O) groups is 4. The summed E-state index contributed by atoms with van der Waals surface area (Å²) >= 11 is 6.19. The number of hydrogen-bond acceptors (Lipinski definition) is 8. The molecule has 4 N–H and O–H groups in total. The third-order valence-electron chi connectivity index (χ3n) is 6.32. The summed E-state index contributed by atoms with van der Waals surface area (Å²) in [7, 11) is 1.23. The van der Waals surface area contributed by atoms with E-state index in [-0.39, 0.29) is 36.0 Å². The highest BCUT2D eigenvalue weighted by atomic mass is 35.5. The number of methoxy groups -OCH3 is 1. The molecular formula is C26H29ClN8O5. The van der Waals surface area contributed by atoms with Crippen LogP contribution in [0, 0.1) is 0 Å². The molecule has 0 unspecified atom stereocenters. The normalized spacial score (nSPS) is 15.9. The van der Waals surface area contributed by atoms with Crippen molar-refractivity contribution in [3.63, 3.8) is 0 Å². The highest BCUT2D eigenvalue weighted by Gasteiger charge is 2.24. The Morgan fingerprint density at radius 2 is 2.00 bits per heavy atom. The molecule has 4 rings (SSSR count). The summed E-state index contributed by atoms with van der Waals surface area (Å²) in [6, 6.07) is 8.98. The van der Waals surface area contributed by atoms with E-state index in [4.69, 9.17) is 11.6 Å². The molecule has 1 aliphatic heterocycles. The number of benzene rings is 2. The van der Waals surface area contributed by atoms with Crippen molar-refractivity contribution in [2.75, 3.05) is 24.3 Å². The van der Waals surface area contributed by atoms with E-state index >= 15 is 0 Å². The molecule has 1 atom stereocenters. The number of tetrazole rings is 1. The predicted octanol–water partition coefficient (Wildman–Crippen LogP) is 2.85. The van der Waals surface area contributed by atoms with Crippen LogP contribution in [0.15, 0.2) is 42.7 Å². The Morgan fingerprint density at radius 1 is 1.15 bits per heavy atom. The second kappa shape index (κ2) is 13.5. The SMILES string of the molecule is COC(=O)Nc1ccc2c(c1)NC(=O)CCCCC[C@@H](C(=O)NCCc1cc(Cl)ccc1-n1cnnn1)NC2=O. The van der Waals surface area contributed by atoms with Crippen molar-refractivity contribution in [2.24, 2.45) is 0 Å². The van der Waals surface area contributed by atoms with Gasteiger partial charge in [0, 0.05) is 23.7 Å². The first-order valence-corrected chi connectivity index (χ1v) is 13.1. The largest absolute Gasteiger partial charge is 0.453 e. The maximum absolute atomic E-state index is 13.3. The van der Waals surface area contributed by atoms with E-state index in [1.165, 1.54) is 36.3 Å². The molecule has 210 valence electrons. The molecule has 3 aromatic rings. The van der Waals surface area contributed by atoms with Crippen molar-refractivity contribution in [1.29, 1.82) is 0 Å². The van der Waals surface area contributed by atoms with E-state index in [0.29, 0.717) is 42.8 Å². The summed E-state index contributed by atoms with van der Waals surface area (Å²) in [4.78, 5) is 50.5. The zero-order valence-electron chi connectivity index (χ0n) is 21.8. The van der Waals surface area contributed by atoms with Gasteiger partial charge in [-0.15, -0.1) is 5.10 Å². The van der Waals surface area contributed by atoms with Crippen molar-refractivity contribution >= 4 is 46.8 Å². The first-order valence-electron chi connectivity index (χ1n) is 12.7. The number of ether oxygens (including phenoxy) is 1. The van der Waals surface area contributed by atoms with E-state index < -0.39 is 18.0 Å². The van der Waals surface area contributed by atoms with Gasteiger partial charge in [-0.25, -0.2) is 9.48 Å². The maximum atomic E-state index is 13.3. The quantitative estimate of drug-likeness (QED) is 0.352. The number of rotatable bonds is 6. The molecule has 2 aromatic carbocycles. The first-order chi connectivity index (χ1) is 19.3. The van der Waals surface area contributed by atoms with E-state index in [2.05, 4.69) is 41.5 Å². The number of halogens is 1. The van der Waals surface area contributed by atoms with Gasteiger partial charge in [-0.05, 0) is 71.7 Å². The fourth-order valence-corrected chi connectivity index (χ4v) is 4.51. The highest BCUT2D eigenvalue weighted by Crippen LogP contribution is 2.23. The average molecular weight is 569 g/mol. The molecule has 13 nitrogen and oxygen atoms in total. The number of nitrogens with zero attached hydrogens (tertiary/aromatic N) is 4. The fourth-order valence-electron chi connectivity index (χ4n) is 4.31. The molecule has 1 aliphatic rings. The number of carbonyl (C=O) groups excluding carboxylic acids is 4. The van der Waals surface area contributed by atoms with Gasteiger partial charge in [0.1, 0.15) is 12.4 Å². The van der Waals surface area contributed by atoms with Gasteiger partial charge in [0.15, 0.2) is 0 Å². The summed E-state index contributed by atoms with van der Waals surface area (Å²) in [5, 5.41) is 22.8. The van der Waals surface area contributed by atoms with E-state index in [1.54, 1.807) is 18.2 Å². The van der Waals surface area contributed by atoms with Crippen molar-refractivity contribution in [3.05, 3.63) is 58.9 Å². The summed E-state index contributed by atoms with van der Waals surface area (Å²) in [5.41, 5.74) is 2.29. The molecular weight excluding hydrogens is 540 g/mol. The predicted molar refractivity (Wildman–Crippen MR) is 146 cm³/mol. The summed E-state index contributed by atoms with van der Waals surface area (Å²) in [6.07, 6.45) is 3.88. The number of amides is 4. The zero-order chi connectivity index (χ0) is 28.5.